The number of hydrogen-bond donors (Lipinski definition) is 1. The van der Waals surface area contributed by atoms with Gasteiger partial charge in [0.15, 0.2) is 11.6 Å². The summed E-state index contributed by atoms with van der Waals surface area (Å²) >= 11 is 0. The molecule has 4 rings (SSSR count). The molecule has 0 spiro atoms. The average molecular weight is 389 g/mol. The predicted octanol–water partition coefficient (Wildman–Crippen LogP) is 2.66. The third-order valence-corrected chi connectivity index (χ3v) is 5.08. The quantitative estimate of drug-likeness (QED) is 0.728. The van der Waals surface area contributed by atoms with E-state index in [4.69, 9.17) is 0 Å². The van der Waals surface area contributed by atoms with E-state index < -0.39 is 0 Å². The zero-order valence-electron chi connectivity index (χ0n) is 16.6. The van der Waals surface area contributed by atoms with Crippen LogP contribution in [0.2, 0.25) is 0 Å². The van der Waals surface area contributed by atoms with E-state index in [1.54, 1.807) is 11.7 Å². The van der Waals surface area contributed by atoms with E-state index in [1.807, 2.05) is 60.4 Å². The Kier molecular flexibility index (Phi) is 5.12. The highest BCUT2D eigenvalue weighted by Crippen LogP contribution is 2.28. The van der Waals surface area contributed by atoms with E-state index in [-0.39, 0.29) is 18.2 Å². The fourth-order valence-electron chi connectivity index (χ4n) is 3.55. The molecule has 1 aliphatic heterocycles. The molecule has 2 aromatic carbocycles. The van der Waals surface area contributed by atoms with Gasteiger partial charge in [-0.15, -0.1) is 0 Å². The summed E-state index contributed by atoms with van der Waals surface area (Å²) < 4.78 is 1.78. The summed E-state index contributed by atoms with van der Waals surface area (Å²) in [5.41, 5.74) is 3.66. The summed E-state index contributed by atoms with van der Waals surface area (Å²) in [6.45, 7) is 2.74. The number of carbonyl (C=O) groups is 2. The lowest BCUT2D eigenvalue weighted by Crippen LogP contribution is -2.23. The van der Waals surface area contributed by atoms with Gasteiger partial charge in [-0.25, -0.2) is 9.67 Å². The van der Waals surface area contributed by atoms with Gasteiger partial charge in [0.05, 0.1) is 12.1 Å². The molecule has 0 aliphatic carbocycles. The summed E-state index contributed by atoms with van der Waals surface area (Å²) in [4.78, 5) is 30.5. The second-order valence-electron chi connectivity index (χ2n) is 7.10. The van der Waals surface area contributed by atoms with E-state index in [0.29, 0.717) is 18.1 Å². The Hall–Kier alpha value is -3.48. The van der Waals surface area contributed by atoms with Crippen molar-refractivity contribution >= 4 is 17.5 Å². The molecule has 7 heteroatoms. The lowest BCUT2D eigenvalue weighted by atomic mass is 10.1. The normalized spacial score (nSPS) is 13.7. The number of rotatable bonds is 5. The van der Waals surface area contributed by atoms with Crippen LogP contribution in [0.5, 0.6) is 0 Å². The molecule has 3 aromatic rings. The summed E-state index contributed by atoms with van der Waals surface area (Å²) in [5.74, 6) is 1.09. The van der Waals surface area contributed by atoms with E-state index in [2.05, 4.69) is 15.4 Å². The number of carbonyl (C=O) groups excluding carboxylic acids is 2. The first-order valence-electron chi connectivity index (χ1n) is 9.70. The Bertz CT molecular complexity index is 1070. The fourth-order valence-corrected chi connectivity index (χ4v) is 3.55. The SMILES string of the molecule is CNC(=O)Cc1nc(-c2cccc(N3CCCC3=O)c2)n(-c2ccccc2C)n1. The van der Waals surface area contributed by atoms with Crippen LogP contribution in [-0.2, 0) is 16.0 Å². The number of para-hydroxylation sites is 1. The first-order chi connectivity index (χ1) is 14.1. The number of aromatic nitrogens is 3. The van der Waals surface area contributed by atoms with Crippen molar-refractivity contribution in [2.24, 2.45) is 0 Å². The molecule has 2 amide bonds. The van der Waals surface area contributed by atoms with Gasteiger partial charge in [-0.1, -0.05) is 30.3 Å². The Labute approximate surface area is 169 Å². The number of hydrogen-bond acceptors (Lipinski definition) is 4. The maximum absolute atomic E-state index is 12.2. The minimum atomic E-state index is -0.144. The predicted molar refractivity (Wildman–Crippen MR) is 111 cm³/mol. The summed E-state index contributed by atoms with van der Waals surface area (Å²) in [7, 11) is 1.60. The van der Waals surface area contributed by atoms with Crippen LogP contribution in [0.15, 0.2) is 48.5 Å². The Morgan fingerprint density at radius 1 is 1.17 bits per heavy atom. The Morgan fingerprint density at radius 3 is 2.72 bits per heavy atom. The van der Waals surface area contributed by atoms with Crippen molar-refractivity contribution in [1.29, 1.82) is 0 Å². The van der Waals surface area contributed by atoms with Crippen LogP contribution >= 0.6 is 0 Å². The van der Waals surface area contributed by atoms with Gasteiger partial charge < -0.3 is 10.2 Å². The number of aryl methyl sites for hydroxylation is 1. The zero-order valence-corrected chi connectivity index (χ0v) is 16.6. The van der Waals surface area contributed by atoms with Crippen molar-refractivity contribution < 1.29 is 9.59 Å². The number of likely N-dealkylation sites (N-methyl/N-ethyl adjacent to an activating group) is 1. The van der Waals surface area contributed by atoms with Crippen LogP contribution in [0.4, 0.5) is 5.69 Å². The van der Waals surface area contributed by atoms with E-state index in [1.165, 1.54) is 0 Å². The molecule has 0 bridgehead atoms. The minimum absolute atomic E-state index is 0.104. The molecular formula is C22H23N5O2. The first-order valence-corrected chi connectivity index (χ1v) is 9.70. The number of benzene rings is 2. The number of anilines is 1. The second-order valence-corrected chi connectivity index (χ2v) is 7.10. The molecular weight excluding hydrogens is 366 g/mol. The smallest absolute Gasteiger partial charge is 0.227 e. The van der Waals surface area contributed by atoms with Crippen LogP contribution < -0.4 is 10.2 Å². The van der Waals surface area contributed by atoms with E-state index in [9.17, 15) is 9.59 Å². The van der Waals surface area contributed by atoms with Crippen molar-refractivity contribution in [3.63, 3.8) is 0 Å². The summed E-state index contributed by atoms with van der Waals surface area (Å²) in [5, 5.41) is 7.22. The summed E-state index contributed by atoms with van der Waals surface area (Å²) in [6.07, 6.45) is 1.56. The van der Waals surface area contributed by atoms with Gasteiger partial charge in [-0.05, 0) is 37.1 Å². The molecule has 1 aromatic heterocycles. The van der Waals surface area contributed by atoms with Crippen molar-refractivity contribution in [1.82, 2.24) is 20.1 Å². The first kappa shape index (κ1) is 18.9. The van der Waals surface area contributed by atoms with Gasteiger partial charge in [-0.3, -0.25) is 9.59 Å². The molecule has 0 atom stereocenters. The monoisotopic (exact) mass is 389 g/mol. The Morgan fingerprint density at radius 2 is 2.00 bits per heavy atom. The van der Waals surface area contributed by atoms with Gasteiger partial charge in [0, 0.05) is 31.3 Å². The van der Waals surface area contributed by atoms with Crippen molar-refractivity contribution in [2.45, 2.75) is 26.2 Å². The minimum Gasteiger partial charge on any atom is -0.359 e. The van der Waals surface area contributed by atoms with Gasteiger partial charge in [0.2, 0.25) is 11.8 Å². The molecule has 1 aliphatic rings. The van der Waals surface area contributed by atoms with Crippen molar-refractivity contribution in [2.75, 3.05) is 18.5 Å². The average Bonchev–Trinajstić information content (AvgIpc) is 3.34. The summed E-state index contributed by atoms with van der Waals surface area (Å²) in [6, 6.07) is 15.7. The third kappa shape index (κ3) is 3.76. The number of amides is 2. The number of nitrogens with zero attached hydrogens (tertiary/aromatic N) is 4. The standard InChI is InChI=1S/C22H23N5O2/c1-15-7-3-4-10-18(15)27-22(24-19(25-27)14-20(28)23-2)16-8-5-9-17(13-16)26-12-6-11-21(26)29/h3-5,7-10,13H,6,11-12,14H2,1-2H3,(H,23,28). The molecule has 0 unspecified atom stereocenters. The van der Waals surface area contributed by atoms with Crippen LogP contribution in [0, 0.1) is 6.92 Å². The fraction of sp³-hybridized carbons (Fsp3) is 0.273. The molecule has 0 saturated carbocycles. The molecule has 1 saturated heterocycles. The van der Waals surface area contributed by atoms with E-state index >= 15 is 0 Å². The maximum Gasteiger partial charge on any atom is 0.227 e. The van der Waals surface area contributed by atoms with Gasteiger partial charge in [0.25, 0.3) is 0 Å². The lowest BCUT2D eigenvalue weighted by Gasteiger charge is -2.16. The van der Waals surface area contributed by atoms with E-state index in [0.717, 1.165) is 35.5 Å². The van der Waals surface area contributed by atoms with Gasteiger partial charge >= 0.3 is 0 Å². The molecule has 1 N–H and O–H groups in total. The molecule has 29 heavy (non-hydrogen) atoms. The molecule has 1 fully saturated rings. The van der Waals surface area contributed by atoms with Gasteiger partial charge in [0.1, 0.15) is 0 Å². The molecule has 2 heterocycles. The van der Waals surface area contributed by atoms with Crippen LogP contribution in [-0.4, -0.2) is 40.2 Å². The highest BCUT2D eigenvalue weighted by atomic mass is 16.2. The van der Waals surface area contributed by atoms with Crippen molar-refractivity contribution in [3.8, 4) is 17.1 Å². The number of nitrogens with one attached hydrogen (secondary N) is 1. The highest BCUT2D eigenvalue weighted by molar-refractivity contribution is 5.95. The Balaban J connectivity index is 1.81. The van der Waals surface area contributed by atoms with Crippen LogP contribution in [0.1, 0.15) is 24.2 Å². The highest BCUT2D eigenvalue weighted by Gasteiger charge is 2.23. The third-order valence-electron chi connectivity index (χ3n) is 5.08. The van der Waals surface area contributed by atoms with Crippen LogP contribution in [0.3, 0.4) is 0 Å². The largest absolute Gasteiger partial charge is 0.359 e. The maximum atomic E-state index is 12.2. The van der Waals surface area contributed by atoms with Gasteiger partial charge in [-0.2, -0.15) is 5.10 Å². The topological polar surface area (TPSA) is 80.1 Å². The zero-order chi connectivity index (χ0) is 20.4. The molecule has 0 radical (unpaired) electrons. The molecule has 148 valence electrons. The lowest BCUT2D eigenvalue weighted by molar-refractivity contribution is -0.120. The van der Waals surface area contributed by atoms with Crippen LogP contribution in [0.25, 0.3) is 17.1 Å². The second kappa shape index (κ2) is 7.87. The molecule has 7 nitrogen and oxygen atoms in total. The van der Waals surface area contributed by atoms with Crippen molar-refractivity contribution in [3.05, 3.63) is 59.9 Å².